The molecule has 1 aromatic rings. The van der Waals surface area contributed by atoms with Crippen LogP contribution in [-0.2, 0) is 16.1 Å². The SMILES string of the molecule is Cc1noc(C)c1CN(C)C(=O)C1CCN(C(=O)C2CCCC2)CC1. The molecule has 3 rings (SSSR count). The van der Waals surface area contributed by atoms with Gasteiger partial charge < -0.3 is 14.3 Å². The maximum Gasteiger partial charge on any atom is 0.225 e. The molecule has 0 atom stereocenters. The summed E-state index contributed by atoms with van der Waals surface area (Å²) in [5.41, 5.74) is 1.83. The van der Waals surface area contributed by atoms with Crippen LogP contribution in [0, 0.1) is 25.7 Å². The molecule has 1 aliphatic heterocycles. The van der Waals surface area contributed by atoms with E-state index >= 15 is 0 Å². The Labute approximate surface area is 149 Å². The van der Waals surface area contributed by atoms with Crippen molar-refractivity contribution in [2.24, 2.45) is 11.8 Å². The van der Waals surface area contributed by atoms with Gasteiger partial charge >= 0.3 is 0 Å². The smallest absolute Gasteiger partial charge is 0.225 e. The minimum atomic E-state index is 0.0121. The van der Waals surface area contributed by atoms with Crippen molar-refractivity contribution in [3.8, 4) is 0 Å². The van der Waals surface area contributed by atoms with E-state index in [9.17, 15) is 9.59 Å². The summed E-state index contributed by atoms with van der Waals surface area (Å²) in [4.78, 5) is 29.0. The fourth-order valence-electron chi connectivity index (χ4n) is 4.13. The van der Waals surface area contributed by atoms with Crippen molar-refractivity contribution in [1.29, 1.82) is 0 Å². The van der Waals surface area contributed by atoms with E-state index in [1.807, 2.05) is 25.8 Å². The number of carbonyl (C=O) groups is 2. The molecule has 0 spiro atoms. The highest BCUT2D eigenvalue weighted by molar-refractivity contribution is 5.81. The highest BCUT2D eigenvalue weighted by atomic mass is 16.5. The summed E-state index contributed by atoms with van der Waals surface area (Å²) in [5.74, 6) is 1.49. The average Bonchev–Trinajstić information content (AvgIpc) is 3.26. The van der Waals surface area contributed by atoms with Gasteiger partial charge in [0, 0.05) is 37.5 Å². The van der Waals surface area contributed by atoms with Gasteiger partial charge in [-0.1, -0.05) is 18.0 Å². The van der Waals surface area contributed by atoms with E-state index in [0.29, 0.717) is 25.5 Å². The third-order valence-corrected chi connectivity index (χ3v) is 5.81. The monoisotopic (exact) mass is 347 g/mol. The van der Waals surface area contributed by atoms with Crippen LogP contribution < -0.4 is 0 Å². The van der Waals surface area contributed by atoms with E-state index in [2.05, 4.69) is 5.16 Å². The average molecular weight is 347 g/mol. The standard InChI is InChI=1S/C19H29N3O3/c1-13-17(14(2)25-20-13)12-21(3)18(23)16-8-10-22(11-9-16)19(24)15-6-4-5-7-15/h15-16H,4-12H2,1-3H3. The Balaban J connectivity index is 1.51. The van der Waals surface area contributed by atoms with Gasteiger partial charge in [0.1, 0.15) is 5.76 Å². The van der Waals surface area contributed by atoms with Crippen molar-refractivity contribution >= 4 is 11.8 Å². The summed E-state index contributed by atoms with van der Waals surface area (Å²) in [6.07, 6.45) is 5.97. The second-order valence-corrected chi connectivity index (χ2v) is 7.58. The predicted molar refractivity (Wildman–Crippen MR) is 93.7 cm³/mol. The van der Waals surface area contributed by atoms with Crippen molar-refractivity contribution in [3.63, 3.8) is 0 Å². The summed E-state index contributed by atoms with van der Waals surface area (Å²) in [6, 6.07) is 0. The molecule has 1 saturated heterocycles. The molecule has 1 saturated carbocycles. The minimum absolute atomic E-state index is 0.0121. The van der Waals surface area contributed by atoms with Crippen LogP contribution in [0.5, 0.6) is 0 Å². The van der Waals surface area contributed by atoms with Crippen LogP contribution in [0.4, 0.5) is 0 Å². The summed E-state index contributed by atoms with van der Waals surface area (Å²) in [7, 11) is 1.84. The molecule has 6 heteroatoms. The van der Waals surface area contributed by atoms with Gasteiger partial charge in [0.05, 0.1) is 12.2 Å². The van der Waals surface area contributed by atoms with Crippen molar-refractivity contribution in [1.82, 2.24) is 15.0 Å². The molecule has 0 unspecified atom stereocenters. The molecule has 0 bridgehead atoms. The number of hydrogen-bond donors (Lipinski definition) is 0. The first kappa shape index (κ1) is 18.0. The molecule has 0 radical (unpaired) electrons. The number of amides is 2. The van der Waals surface area contributed by atoms with Gasteiger partial charge in [-0.15, -0.1) is 0 Å². The molecule has 138 valence electrons. The molecule has 2 fully saturated rings. The van der Waals surface area contributed by atoms with E-state index in [1.165, 1.54) is 12.8 Å². The zero-order valence-electron chi connectivity index (χ0n) is 15.6. The van der Waals surface area contributed by atoms with Crippen molar-refractivity contribution < 1.29 is 14.1 Å². The van der Waals surface area contributed by atoms with Crippen LogP contribution in [0.2, 0.25) is 0 Å². The maximum atomic E-state index is 12.8. The largest absolute Gasteiger partial charge is 0.361 e. The molecule has 1 aromatic heterocycles. The van der Waals surface area contributed by atoms with Gasteiger partial charge in [-0.3, -0.25) is 9.59 Å². The zero-order valence-corrected chi connectivity index (χ0v) is 15.6. The fourth-order valence-corrected chi connectivity index (χ4v) is 4.13. The number of aryl methyl sites for hydroxylation is 2. The van der Waals surface area contributed by atoms with Crippen LogP contribution in [0.25, 0.3) is 0 Å². The molecule has 25 heavy (non-hydrogen) atoms. The number of nitrogens with zero attached hydrogens (tertiary/aromatic N) is 3. The summed E-state index contributed by atoms with van der Waals surface area (Å²) in [5, 5.41) is 3.95. The van der Waals surface area contributed by atoms with Gasteiger partial charge in [-0.05, 0) is 39.5 Å². The molecule has 0 aromatic carbocycles. The third kappa shape index (κ3) is 3.88. The van der Waals surface area contributed by atoms with Gasteiger partial charge in [0.2, 0.25) is 11.8 Å². The van der Waals surface area contributed by atoms with Crippen LogP contribution in [-0.4, -0.2) is 46.9 Å². The molecular formula is C19H29N3O3. The van der Waals surface area contributed by atoms with Gasteiger partial charge in [0.15, 0.2) is 0 Å². The Hall–Kier alpha value is -1.85. The first-order valence-corrected chi connectivity index (χ1v) is 9.43. The highest BCUT2D eigenvalue weighted by Crippen LogP contribution is 2.29. The normalized spacial score (nSPS) is 19.4. The third-order valence-electron chi connectivity index (χ3n) is 5.81. The Morgan fingerprint density at radius 2 is 1.76 bits per heavy atom. The van der Waals surface area contributed by atoms with Gasteiger partial charge in [-0.25, -0.2) is 0 Å². The van der Waals surface area contributed by atoms with Crippen molar-refractivity contribution in [3.05, 3.63) is 17.0 Å². The first-order chi connectivity index (χ1) is 12.0. The molecule has 2 amide bonds. The molecule has 2 aliphatic rings. The quantitative estimate of drug-likeness (QED) is 0.840. The lowest BCUT2D eigenvalue weighted by atomic mass is 9.94. The maximum absolute atomic E-state index is 12.8. The predicted octanol–water partition coefficient (Wildman–Crippen LogP) is 2.68. The summed E-state index contributed by atoms with van der Waals surface area (Å²) in [6.45, 7) is 5.73. The lowest BCUT2D eigenvalue weighted by Gasteiger charge is -2.34. The number of likely N-dealkylation sites (tertiary alicyclic amines) is 1. The summed E-state index contributed by atoms with van der Waals surface area (Å²) < 4.78 is 5.18. The molecular weight excluding hydrogens is 318 g/mol. The van der Waals surface area contributed by atoms with Crippen LogP contribution >= 0.6 is 0 Å². The Kier molecular flexibility index (Phi) is 5.45. The number of piperidine rings is 1. The second-order valence-electron chi connectivity index (χ2n) is 7.58. The number of rotatable bonds is 4. The van der Waals surface area contributed by atoms with Crippen LogP contribution in [0.1, 0.15) is 55.5 Å². The number of hydrogen-bond acceptors (Lipinski definition) is 4. The topological polar surface area (TPSA) is 66.7 Å². The Morgan fingerprint density at radius 3 is 2.32 bits per heavy atom. The van der Waals surface area contributed by atoms with Crippen LogP contribution in [0.3, 0.4) is 0 Å². The van der Waals surface area contributed by atoms with Crippen molar-refractivity contribution in [2.45, 2.75) is 58.9 Å². The summed E-state index contributed by atoms with van der Waals surface area (Å²) >= 11 is 0. The van der Waals surface area contributed by atoms with E-state index in [0.717, 1.165) is 42.7 Å². The highest BCUT2D eigenvalue weighted by Gasteiger charge is 2.33. The van der Waals surface area contributed by atoms with E-state index in [-0.39, 0.29) is 17.7 Å². The van der Waals surface area contributed by atoms with E-state index < -0.39 is 0 Å². The van der Waals surface area contributed by atoms with Gasteiger partial charge in [-0.2, -0.15) is 0 Å². The lowest BCUT2D eigenvalue weighted by Crippen LogP contribution is -2.45. The van der Waals surface area contributed by atoms with E-state index in [4.69, 9.17) is 4.52 Å². The lowest BCUT2D eigenvalue weighted by molar-refractivity contribution is -0.142. The first-order valence-electron chi connectivity index (χ1n) is 9.43. The second kappa shape index (κ2) is 7.58. The van der Waals surface area contributed by atoms with Crippen molar-refractivity contribution in [2.75, 3.05) is 20.1 Å². The molecule has 2 heterocycles. The zero-order chi connectivity index (χ0) is 18.0. The Bertz CT molecular complexity index is 606. The number of aromatic nitrogens is 1. The molecule has 0 N–H and O–H groups in total. The Morgan fingerprint density at radius 1 is 1.12 bits per heavy atom. The number of carbonyl (C=O) groups excluding carboxylic acids is 2. The van der Waals surface area contributed by atoms with Crippen LogP contribution in [0.15, 0.2) is 4.52 Å². The van der Waals surface area contributed by atoms with Gasteiger partial charge in [0.25, 0.3) is 0 Å². The van der Waals surface area contributed by atoms with E-state index in [1.54, 1.807) is 4.90 Å². The minimum Gasteiger partial charge on any atom is -0.361 e. The molecule has 6 nitrogen and oxygen atoms in total. The fraction of sp³-hybridized carbons (Fsp3) is 0.737. The molecule has 1 aliphatic carbocycles.